The van der Waals surface area contributed by atoms with Gasteiger partial charge in [-0.25, -0.2) is 4.39 Å². The van der Waals surface area contributed by atoms with Gasteiger partial charge in [0.25, 0.3) is 0 Å². The molecule has 116 valence electrons. The average Bonchev–Trinajstić information content (AvgIpc) is 2.90. The average molecular weight is 366 g/mol. The maximum absolute atomic E-state index is 14.6. The van der Waals surface area contributed by atoms with Crippen LogP contribution in [0.4, 0.5) is 4.39 Å². The number of rotatable bonds is 2. The summed E-state index contributed by atoms with van der Waals surface area (Å²) in [5, 5.41) is 0.945. The molecular formula is C16H18BBrFNO2. The molecule has 1 saturated heterocycles. The van der Waals surface area contributed by atoms with Crippen LogP contribution in [0.25, 0.3) is 17.0 Å². The van der Waals surface area contributed by atoms with Crippen LogP contribution in [0.2, 0.25) is 0 Å². The van der Waals surface area contributed by atoms with Gasteiger partial charge in [0.15, 0.2) is 0 Å². The van der Waals surface area contributed by atoms with Gasteiger partial charge in [-0.15, -0.1) is 0 Å². The minimum atomic E-state index is -0.970. The summed E-state index contributed by atoms with van der Waals surface area (Å²) in [7, 11) is -0.970. The quantitative estimate of drug-likeness (QED) is 0.770. The summed E-state index contributed by atoms with van der Waals surface area (Å²) in [6, 6.07) is 5.81. The molecule has 0 bridgehead atoms. The van der Waals surface area contributed by atoms with Gasteiger partial charge in [-0.05, 0) is 55.8 Å². The van der Waals surface area contributed by atoms with Crippen LogP contribution in [0.3, 0.4) is 0 Å². The van der Waals surface area contributed by atoms with E-state index in [0.717, 1.165) is 20.9 Å². The van der Waals surface area contributed by atoms with Crippen LogP contribution in [0.1, 0.15) is 33.3 Å². The van der Waals surface area contributed by atoms with Gasteiger partial charge in [0.05, 0.1) is 16.7 Å². The highest BCUT2D eigenvalue weighted by Crippen LogP contribution is 2.39. The fraction of sp³-hybridized carbons (Fsp3) is 0.375. The van der Waals surface area contributed by atoms with Crippen LogP contribution in [0.15, 0.2) is 34.6 Å². The Morgan fingerprint density at radius 3 is 2.50 bits per heavy atom. The largest absolute Gasteiger partial charge is 0.525 e. The molecule has 1 fully saturated rings. The third kappa shape index (κ3) is 2.53. The smallest absolute Gasteiger partial charge is 0.398 e. The van der Waals surface area contributed by atoms with Gasteiger partial charge in [0.1, 0.15) is 5.73 Å². The first-order chi connectivity index (χ1) is 10.2. The predicted molar refractivity (Wildman–Crippen MR) is 91.2 cm³/mol. The van der Waals surface area contributed by atoms with Crippen molar-refractivity contribution < 1.29 is 13.7 Å². The fourth-order valence-corrected chi connectivity index (χ4v) is 2.91. The zero-order valence-corrected chi connectivity index (χ0v) is 14.6. The number of fused-ring (bicyclic) bond motifs is 1. The topological polar surface area (TPSA) is 34.2 Å². The summed E-state index contributed by atoms with van der Waals surface area (Å²) in [6.07, 6.45) is 3.24. The van der Waals surface area contributed by atoms with E-state index in [9.17, 15) is 4.39 Å². The number of H-pyrrole nitrogens is 1. The first-order valence-electron chi connectivity index (χ1n) is 7.20. The van der Waals surface area contributed by atoms with Crippen LogP contribution in [-0.4, -0.2) is 23.3 Å². The molecule has 0 spiro atoms. The molecule has 1 aliphatic rings. The van der Waals surface area contributed by atoms with Crippen LogP contribution < -0.4 is 0 Å². The molecule has 1 aromatic heterocycles. The van der Waals surface area contributed by atoms with Crippen molar-refractivity contribution in [1.82, 2.24) is 4.98 Å². The van der Waals surface area contributed by atoms with Crippen LogP contribution >= 0.6 is 15.9 Å². The van der Waals surface area contributed by atoms with E-state index >= 15 is 0 Å². The second-order valence-electron chi connectivity index (χ2n) is 6.52. The monoisotopic (exact) mass is 365 g/mol. The minimum Gasteiger partial charge on any atom is -0.398 e. The van der Waals surface area contributed by atoms with Crippen LogP contribution in [0, 0.1) is 0 Å². The summed E-state index contributed by atoms with van der Waals surface area (Å²) in [5.74, 6) is 0. The number of halogens is 2. The Labute approximate surface area is 138 Å². The molecule has 2 heterocycles. The molecule has 22 heavy (non-hydrogen) atoms. The van der Waals surface area contributed by atoms with E-state index in [1.807, 2.05) is 45.9 Å². The van der Waals surface area contributed by atoms with E-state index in [-0.39, 0.29) is 0 Å². The van der Waals surface area contributed by atoms with Crippen LogP contribution in [0.5, 0.6) is 0 Å². The number of aromatic nitrogens is 1. The first kappa shape index (κ1) is 15.8. The molecule has 2 aromatic rings. The molecule has 1 aliphatic heterocycles. The first-order valence-corrected chi connectivity index (χ1v) is 7.99. The Hall–Kier alpha value is -1.11. The summed E-state index contributed by atoms with van der Waals surface area (Å²) in [5.41, 5.74) is 0.177. The highest BCUT2D eigenvalue weighted by molar-refractivity contribution is 9.10. The van der Waals surface area contributed by atoms with Crippen molar-refractivity contribution in [2.45, 2.75) is 38.9 Å². The van der Waals surface area contributed by atoms with Crippen molar-refractivity contribution >= 4 is 40.0 Å². The maximum atomic E-state index is 14.6. The van der Waals surface area contributed by atoms with E-state index in [1.165, 1.54) is 6.08 Å². The summed E-state index contributed by atoms with van der Waals surface area (Å²) in [6.45, 7) is 7.62. The summed E-state index contributed by atoms with van der Waals surface area (Å²) in [4.78, 5) is 3.15. The van der Waals surface area contributed by atoms with Gasteiger partial charge in [0, 0.05) is 21.6 Å². The highest BCUT2D eigenvalue weighted by atomic mass is 79.9. The molecule has 3 nitrogen and oxygen atoms in total. The molecule has 1 aromatic carbocycles. The Morgan fingerprint density at radius 1 is 1.23 bits per heavy atom. The number of aromatic amines is 1. The second kappa shape index (κ2) is 5.22. The fourth-order valence-electron chi connectivity index (χ4n) is 2.43. The molecule has 0 radical (unpaired) electrons. The number of para-hydroxylation sites is 1. The zero-order valence-electron chi connectivity index (χ0n) is 13.0. The summed E-state index contributed by atoms with van der Waals surface area (Å²) >= 11 is 3.48. The molecule has 3 rings (SSSR count). The third-order valence-electron chi connectivity index (χ3n) is 4.47. The predicted octanol–water partition coefficient (Wildman–Crippen LogP) is 4.87. The van der Waals surface area contributed by atoms with Gasteiger partial charge >= 0.3 is 7.12 Å². The molecule has 0 unspecified atom stereocenters. The molecule has 1 N–H and O–H groups in total. The van der Waals surface area contributed by atoms with E-state index in [2.05, 4.69) is 20.9 Å². The SMILES string of the molecule is CC1(C)OB(C(F)=Cc2c[nH]c3c(Br)cccc23)OC1(C)C. The van der Waals surface area contributed by atoms with Gasteiger partial charge in [-0.1, -0.05) is 12.1 Å². The lowest BCUT2D eigenvalue weighted by Gasteiger charge is -2.32. The Kier molecular flexibility index (Phi) is 3.74. The maximum Gasteiger partial charge on any atom is 0.525 e. The van der Waals surface area contributed by atoms with E-state index in [1.54, 1.807) is 6.20 Å². The Bertz CT molecular complexity index is 738. The van der Waals surface area contributed by atoms with Crippen molar-refractivity contribution in [2.75, 3.05) is 0 Å². The lowest BCUT2D eigenvalue weighted by atomic mass is 9.87. The molecular weight excluding hydrogens is 348 g/mol. The molecule has 6 heteroatoms. The van der Waals surface area contributed by atoms with Crippen molar-refractivity contribution in [1.29, 1.82) is 0 Å². The second-order valence-corrected chi connectivity index (χ2v) is 7.38. The lowest BCUT2D eigenvalue weighted by molar-refractivity contribution is 0.00578. The van der Waals surface area contributed by atoms with E-state index in [0.29, 0.717) is 0 Å². The molecule has 0 atom stereocenters. The van der Waals surface area contributed by atoms with E-state index in [4.69, 9.17) is 9.31 Å². The molecule has 0 aliphatic carbocycles. The van der Waals surface area contributed by atoms with Crippen molar-refractivity contribution in [3.05, 3.63) is 40.2 Å². The molecule has 0 amide bonds. The van der Waals surface area contributed by atoms with Crippen molar-refractivity contribution in [3.8, 4) is 0 Å². The Balaban J connectivity index is 1.93. The number of nitrogens with one attached hydrogen (secondary N) is 1. The lowest BCUT2D eigenvalue weighted by Crippen LogP contribution is -2.41. The summed E-state index contributed by atoms with van der Waals surface area (Å²) < 4.78 is 27.0. The van der Waals surface area contributed by atoms with E-state index < -0.39 is 24.0 Å². The minimum absolute atomic E-state index is 0.431. The van der Waals surface area contributed by atoms with Gasteiger partial charge in [0.2, 0.25) is 0 Å². The van der Waals surface area contributed by atoms with Crippen LogP contribution in [-0.2, 0) is 9.31 Å². The van der Waals surface area contributed by atoms with Gasteiger partial charge in [-0.2, -0.15) is 0 Å². The highest BCUT2D eigenvalue weighted by Gasteiger charge is 2.53. The molecule has 0 saturated carbocycles. The number of hydrogen-bond donors (Lipinski definition) is 1. The third-order valence-corrected chi connectivity index (χ3v) is 5.13. The van der Waals surface area contributed by atoms with Crippen molar-refractivity contribution in [3.63, 3.8) is 0 Å². The standard InChI is InChI=1S/C16H18BBrFNO2/c1-15(2)16(3,4)22-17(21-15)13(19)8-10-9-20-14-11(10)6-5-7-12(14)18/h5-9,20H,1-4H3. The van der Waals surface area contributed by atoms with Gasteiger partial charge in [-0.3, -0.25) is 0 Å². The number of benzene rings is 1. The normalized spacial score (nSPS) is 20.8. The zero-order chi connectivity index (χ0) is 16.1. The Morgan fingerprint density at radius 2 is 1.86 bits per heavy atom. The van der Waals surface area contributed by atoms with Gasteiger partial charge < -0.3 is 14.3 Å². The van der Waals surface area contributed by atoms with Crippen molar-refractivity contribution in [2.24, 2.45) is 0 Å². The number of hydrogen-bond acceptors (Lipinski definition) is 2.